The van der Waals surface area contributed by atoms with Gasteiger partial charge in [-0.25, -0.2) is 0 Å². The Labute approximate surface area is 105 Å². The number of aryl methyl sites for hydroxylation is 1. The highest BCUT2D eigenvalue weighted by atomic mass is 16.5. The lowest BCUT2D eigenvalue weighted by atomic mass is 10.2. The number of hydrogen-bond acceptors (Lipinski definition) is 4. The lowest BCUT2D eigenvalue weighted by Crippen LogP contribution is -2.05. The van der Waals surface area contributed by atoms with Crippen molar-refractivity contribution in [3.05, 3.63) is 36.5 Å². The van der Waals surface area contributed by atoms with Crippen LogP contribution in [0.1, 0.15) is 13.3 Å². The van der Waals surface area contributed by atoms with Crippen LogP contribution in [0.3, 0.4) is 0 Å². The minimum atomic E-state index is -0.251. The van der Waals surface area contributed by atoms with Crippen LogP contribution in [0.4, 0.5) is 0 Å². The summed E-state index contributed by atoms with van der Waals surface area (Å²) in [6.45, 7) is 2.51. The maximum atomic E-state index is 10.6. The molecular formula is C13H15N3O2. The Hall–Kier alpha value is -2.17. The van der Waals surface area contributed by atoms with Gasteiger partial charge in [0.1, 0.15) is 5.69 Å². The van der Waals surface area contributed by atoms with E-state index in [0.717, 1.165) is 17.7 Å². The van der Waals surface area contributed by atoms with Crippen LogP contribution in [0.25, 0.3) is 11.3 Å². The Morgan fingerprint density at radius 2 is 2.11 bits per heavy atom. The van der Waals surface area contributed by atoms with Crippen molar-refractivity contribution in [3.8, 4) is 11.3 Å². The van der Waals surface area contributed by atoms with Gasteiger partial charge in [-0.2, -0.15) is 0 Å². The Bertz CT molecular complexity index is 508. The summed E-state index contributed by atoms with van der Waals surface area (Å²) in [6, 6.07) is 9.89. The minimum absolute atomic E-state index is 0.251. The third kappa shape index (κ3) is 3.41. The molecule has 5 nitrogen and oxygen atoms in total. The lowest BCUT2D eigenvalue weighted by molar-refractivity contribution is -0.141. The molecule has 2 rings (SSSR count). The van der Waals surface area contributed by atoms with E-state index in [1.54, 1.807) is 4.68 Å². The van der Waals surface area contributed by atoms with Crippen LogP contribution < -0.4 is 0 Å². The maximum absolute atomic E-state index is 10.6. The minimum Gasteiger partial charge on any atom is -0.466 e. The van der Waals surface area contributed by atoms with Crippen LogP contribution >= 0.6 is 0 Å². The zero-order chi connectivity index (χ0) is 12.8. The van der Waals surface area contributed by atoms with Crippen molar-refractivity contribution in [2.75, 3.05) is 6.61 Å². The topological polar surface area (TPSA) is 57.0 Å². The first kappa shape index (κ1) is 12.3. The predicted molar refractivity (Wildman–Crippen MR) is 66.7 cm³/mol. The summed E-state index contributed by atoms with van der Waals surface area (Å²) in [5, 5.41) is 8.14. The first-order valence-electron chi connectivity index (χ1n) is 5.84. The molecule has 0 aliphatic rings. The lowest BCUT2D eigenvalue weighted by Gasteiger charge is -2.01. The smallest absolute Gasteiger partial charge is 0.302 e. The molecule has 0 saturated heterocycles. The number of benzene rings is 1. The molecule has 0 atom stereocenters. The van der Waals surface area contributed by atoms with E-state index in [0.29, 0.717) is 13.2 Å². The molecule has 0 saturated carbocycles. The molecule has 0 N–H and O–H groups in total. The van der Waals surface area contributed by atoms with Gasteiger partial charge in [0.15, 0.2) is 0 Å². The Morgan fingerprint density at radius 3 is 2.83 bits per heavy atom. The van der Waals surface area contributed by atoms with Gasteiger partial charge in [0.2, 0.25) is 0 Å². The van der Waals surface area contributed by atoms with E-state index in [-0.39, 0.29) is 5.97 Å². The van der Waals surface area contributed by atoms with Gasteiger partial charge < -0.3 is 4.74 Å². The van der Waals surface area contributed by atoms with E-state index in [2.05, 4.69) is 10.3 Å². The molecule has 0 unspecified atom stereocenters. The number of nitrogens with zero attached hydrogens (tertiary/aromatic N) is 3. The Balaban J connectivity index is 1.89. The standard InChI is InChI=1S/C13H15N3O2/c1-11(17)18-9-5-8-16-10-13(14-15-16)12-6-3-2-4-7-12/h2-4,6-7,10H,5,8-9H2,1H3. The number of carbonyl (C=O) groups is 1. The molecule has 0 aliphatic heterocycles. The van der Waals surface area contributed by atoms with Gasteiger partial charge >= 0.3 is 5.97 Å². The molecule has 1 aromatic carbocycles. The van der Waals surface area contributed by atoms with Crippen molar-refractivity contribution < 1.29 is 9.53 Å². The Morgan fingerprint density at radius 1 is 1.33 bits per heavy atom. The van der Waals surface area contributed by atoms with Gasteiger partial charge in [0.25, 0.3) is 0 Å². The van der Waals surface area contributed by atoms with Gasteiger partial charge in [-0.05, 0) is 0 Å². The second-order valence-electron chi connectivity index (χ2n) is 3.93. The average Bonchev–Trinajstić information content (AvgIpc) is 2.84. The van der Waals surface area contributed by atoms with Gasteiger partial charge in [-0.15, -0.1) is 5.10 Å². The molecule has 2 aromatic rings. The van der Waals surface area contributed by atoms with Crippen LogP contribution in [-0.4, -0.2) is 27.6 Å². The molecule has 94 valence electrons. The van der Waals surface area contributed by atoms with E-state index < -0.39 is 0 Å². The van der Waals surface area contributed by atoms with Gasteiger partial charge in [0, 0.05) is 25.5 Å². The SMILES string of the molecule is CC(=O)OCCCn1cc(-c2ccccc2)nn1. The van der Waals surface area contributed by atoms with Crippen LogP contribution in [0, 0.1) is 0 Å². The zero-order valence-corrected chi connectivity index (χ0v) is 10.2. The summed E-state index contributed by atoms with van der Waals surface area (Å²) >= 11 is 0. The van der Waals surface area contributed by atoms with E-state index in [1.807, 2.05) is 36.5 Å². The average molecular weight is 245 g/mol. The normalized spacial score (nSPS) is 10.3. The fourth-order valence-electron chi connectivity index (χ4n) is 1.59. The monoisotopic (exact) mass is 245 g/mol. The molecule has 1 aromatic heterocycles. The molecule has 0 spiro atoms. The van der Waals surface area contributed by atoms with Crippen molar-refractivity contribution in [2.45, 2.75) is 19.9 Å². The van der Waals surface area contributed by atoms with E-state index in [4.69, 9.17) is 4.74 Å². The maximum Gasteiger partial charge on any atom is 0.302 e. The van der Waals surface area contributed by atoms with Crippen LogP contribution in [-0.2, 0) is 16.1 Å². The summed E-state index contributed by atoms with van der Waals surface area (Å²) in [5.74, 6) is -0.251. The van der Waals surface area contributed by atoms with Crippen molar-refractivity contribution in [2.24, 2.45) is 0 Å². The van der Waals surface area contributed by atoms with E-state index in [9.17, 15) is 4.79 Å². The van der Waals surface area contributed by atoms with Crippen LogP contribution in [0.5, 0.6) is 0 Å². The molecular weight excluding hydrogens is 230 g/mol. The second kappa shape index (κ2) is 5.95. The summed E-state index contributed by atoms with van der Waals surface area (Å²) in [7, 11) is 0. The number of carbonyl (C=O) groups excluding carboxylic acids is 1. The fraction of sp³-hybridized carbons (Fsp3) is 0.308. The molecule has 0 aliphatic carbocycles. The van der Waals surface area contributed by atoms with Crippen molar-refractivity contribution in [3.63, 3.8) is 0 Å². The van der Waals surface area contributed by atoms with Crippen LogP contribution in [0.2, 0.25) is 0 Å². The van der Waals surface area contributed by atoms with Crippen LogP contribution in [0.15, 0.2) is 36.5 Å². The second-order valence-corrected chi connectivity index (χ2v) is 3.93. The zero-order valence-electron chi connectivity index (χ0n) is 10.2. The molecule has 0 radical (unpaired) electrons. The first-order chi connectivity index (χ1) is 8.75. The quantitative estimate of drug-likeness (QED) is 0.596. The van der Waals surface area contributed by atoms with E-state index >= 15 is 0 Å². The third-order valence-corrected chi connectivity index (χ3v) is 2.45. The number of hydrogen-bond donors (Lipinski definition) is 0. The van der Waals surface area contributed by atoms with E-state index in [1.165, 1.54) is 6.92 Å². The molecule has 0 amide bonds. The molecule has 0 bridgehead atoms. The number of ether oxygens (including phenoxy) is 1. The fourth-order valence-corrected chi connectivity index (χ4v) is 1.59. The number of aromatic nitrogens is 3. The molecule has 0 fully saturated rings. The molecule has 18 heavy (non-hydrogen) atoms. The summed E-state index contributed by atoms with van der Waals surface area (Å²) in [6.07, 6.45) is 2.63. The number of esters is 1. The van der Waals surface area contributed by atoms with Gasteiger partial charge in [0.05, 0.1) is 12.8 Å². The molecule has 5 heteroatoms. The summed E-state index contributed by atoms with van der Waals surface area (Å²) < 4.78 is 6.61. The third-order valence-electron chi connectivity index (χ3n) is 2.45. The predicted octanol–water partition coefficient (Wildman–Crippen LogP) is 1.90. The largest absolute Gasteiger partial charge is 0.466 e. The highest BCUT2D eigenvalue weighted by molar-refractivity contribution is 5.65. The highest BCUT2D eigenvalue weighted by Gasteiger charge is 2.03. The van der Waals surface area contributed by atoms with Crippen molar-refractivity contribution in [1.82, 2.24) is 15.0 Å². The van der Waals surface area contributed by atoms with Gasteiger partial charge in [-0.3, -0.25) is 9.48 Å². The molecule has 1 heterocycles. The van der Waals surface area contributed by atoms with Crippen molar-refractivity contribution >= 4 is 5.97 Å². The highest BCUT2D eigenvalue weighted by Crippen LogP contribution is 2.14. The first-order valence-corrected chi connectivity index (χ1v) is 5.84. The summed E-state index contributed by atoms with van der Waals surface area (Å²) in [5.41, 5.74) is 1.90. The Kier molecular flexibility index (Phi) is 4.06. The van der Waals surface area contributed by atoms with Crippen molar-refractivity contribution in [1.29, 1.82) is 0 Å². The number of rotatable bonds is 5. The van der Waals surface area contributed by atoms with Gasteiger partial charge in [-0.1, -0.05) is 35.5 Å². The summed E-state index contributed by atoms with van der Waals surface area (Å²) in [4.78, 5) is 10.6.